The largest absolute Gasteiger partial charge is 0.457 e. The highest BCUT2D eigenvalue weighted by atomic mass is 16.5. The van der Waals surface area contributed by atoms with E-state index >= 15 is 0 Å². The van der Waals surface area contributed by atoms with Gasteiger partial charge in [0.15, 0.2) is 5.89 Å². The van der Waals surface area contributed by atoms with Crippen molar-refractivity contribution in [2.45, 2.75) is 19.8 Å². The van der Waals surface area contributed by atoms with Gasteiger partial charge in [-0.2, -0.15) is 0 Å². The number of para-hydroxylation sites is 2. The van der Waals surface area contributed by atoms with E-state index in [4.69, 9.17) is 14.1 Å². The Hall–Kier alpha value is -3.33. The van der Waals surface area contributed by atoms with E-state index in [2.05, 4.69) is 43.3 Å². The normalized spacial score (nSPS) is 13.0. The van der Waals surface area contributed by atoms with E-state index in [9.17, 15) is 0 Å². The molecule has 27 heavy (non-hydrogen) atoms. The Morgan fingerprint density at radius 2 is 1.44 bits per heavy atom. The van der Waals surface area contributed by atoms with Gasteiger partial charge in [-0.15, -0.1) is 0 Å². The van der Waals surface area contributed by atoms with Crippen LogP contribution in [0.1, 0.15) is 34.3 Å². The summed E-state index contributed by atoms with van der Waals surface area (Å²) in [7, 11) is 0. The smallest absolute Gasteiger partial charge is 0.191 e. The number of hydrogen-bond donors (Lipinski definition) is 0. The van der Waals surface area contributed by atoms with Gasteiger partial charge in [0.2, 0.25) is 0 Å². The molecule has 0 aliphatic carbocycles. The molecule has 3 nitrogen and oxygen atoms in total. The Labute approximate surface area is 158 Å². The van der Waals surface area contributed by atoms with Crippen LogP contribution in [0.25, 0.3) is 11.3 Å². The molecule has 0 radical (unpaired) electrons. The SMILES string of the molecule is Cc1cccc(-c2nc(C)oc2C2c3ccccc3Oc3ccccc32)c1. The highest BCUT2D eigenvalue weighted by Gasteiger charge is 2.33. The minimum absolute atomic E-state index is 0.0529. The maximum atomic E-state index is 6.20. The maximum absolute atomic E-state index is 6.20. The monoisotopic (exact) mass is 353 g/mol. The Bertz CT molecular complexity index is 1100. The molecular weight excluding hydrogens is 334 g/mol. The average Bonchev–Trinajstić information content (AvgIpc) is 3.07. The van der Waals surface area contributed by atoms with Crippen molar-refractivity contribution in [3.8, 4) is 22.8 Å². The molecule has 0 atom stereocenters. The predicted molar refractivity (Wildman–Crippen MR) is 105 cm³/mol. The molecule has 3 heteroatoms. The van der Waals surface area contributed by atoms with Gasteiger partial charge in [0.05, 0.1) is 5.92 Å². The summed E-state index contributed by atoms with van der Waals surface area (Å²) in [6, 6.07) is 24.7. The Balaban J connectivity index is 1.77. The molecule has 1 aliphatic heterocycles. The second-order valence-corrected chi connectivity index (χ2v) is 6.93. The molecule has 0 amide bonds. The fourth-order valence-electron chi connectivity index (χ4n) is 3.83. The third-order valence-electron chi connectivity index (χ3n) is 4.99. The molecule has 0 saturated heterocycles. The Morgan fingerprint density at radius 3 is 2.11 bits per heavy atom. The third kappa shape index (κ3) is 2.63. The minimum Gasteiger partial charge on any atom is -0.457 e. The van der Waals surface area contributed by atoms with Gasteiger partial charge in [-0.1, -0.05) is 60.2 Å². The number of rotatable bonds is 2. The van der Waals surface area contributed by atoms with E-state index < -0.39 is 0 Å². The summed E-state index contributed by atoms with van der Waals surface area (Å²) >= 11 is 0. The lowest BCUT2D eigenvalue weighted by atomic mass is 9.84. The van der Waals surface area contributed by atoms with Crippen molar-refractivity contribution in [1.82, 2.24) is 4.98 Å². The molecule has 0 spiro atoms. The van der Waals surface area contributed by atoms with Crippen LogP contribution < -0.4 is 4.74 Å². The lowest BCUT2D eigenvalue weighted by Gasteiger charge is -2.27. The zero-order valence-electron chi connectivity index (χ0n) is 15.3. The van der Waals surface area contributed by atoms with Gasteiger partial charge in [0.1, 0.15) is 23.0 Å². The fourth-order valence-corrected chi connectivity index (χ4v) is 3.83. The van der Waals surface area contributed by atoms with Crippen LogP contribution in [0, 0.1) is 13.8 Å². The van der Waals surface area contributed by atoms with Crippen molar-refractivity contribution in [2.24, 2.45) is 0 Å². The number of ether oxygens (including phenoxy) is 1. The van der Waals surface area contributed by atoms with E-state index in [0.29, 0.717) is 5.89 Å². The van der Waals surface area contributed by atoms with Gasteiger partial charge in [-0.05, 0) is 25.1 Å². The molecule has 0 saturated carbocycles. The van der Waals surface area contributed by atoms with Gasteiger partial charge < -0.3 is 9.15 Å². The first-order valence-electron chi connectivity index (χ1n) is 9.11. The van der Waals surface area contributed by atoms with Crippen molar-refractivity contribution < 1.29 is 9.15 Å². The molecule has 2 heterocycles. The molecule has 5 rings (SSSR count). The zero-order valence-corrected chi connectivity index (χ0v) is 15.3. The lowest BCUT2D eigenvalue weighted by Crippen LogP contribution is -2.11. The Morgan fingerprint density at radius 1 is 0.778 bits per heavy atom. The van der Waals surface area contributed by atoms with Crippen molar-refractivity contribution in [1.29, 1.82) is 0 Å². The van der Waals surface area contributed by atoms with Crippen molar-refractivity contribution in [2.75, 3.05) is 0 Å². The summed E-state index contributed by atoms with van der Waals surface area (Å²) in [4.78, 5) is 4.74. The van der Waals surface area contributed by atoms with Crippen molar-refractivity contribution in [3.63, 3.8) is 0 Å². The summed E-state index contributed by atoms with van der Waals surface area (Å²) in [5.41, 5.74) is 5.37. The molecule has 1 aliphatic rings. The summed E-state index contributed by atoms with van der Waals surface area (Å²) in [5, 5.41) is 0. The van der Waals surface area contributed by atoms with E-state index in [1.54, 1.807) is 0 Å². The number of aromatic nitrogens is 1. The molecule has 0 fully saturated rings. The highest BCUT2D eigenvalue weighted by molar-refractivity contribution is 5.67. The first-order chi connectivity index (χ1) is 13.2. The van der Waals surface area contributed by atoms with Crippen molar-refractivity contribution in [3.05, 3.63) is 101 Å². The van der Waals surface area contributed by atoms with Gasteiger partial charge >= 0.3 is 0 Å². The third-order valence-corrected chi connectivity index (χ3v) is 4.99. The van der Waals surface area contributed by atoms with Crippen molar-refractivity contribution >= 4 is 0 Å². The predicted octanol–water partition coefficient (Wildman–Crippen LogP) is 6.24. The van der Waals surface area contributed by atoms with Crippen LogP contribution >= 0.6 is 0 Å². The molecule has 0 unspecified atom stereocenters. The van der Waals surface area contributed by atoms with Crippen LogP contribution in [0.15, 0.2) is 77.2 Å². The average molecular weight is 353 g/mol. The van der Waals surface area contributed by atoms with Gasteiger partial charge in [-0.3, -0.25) is 0 Å². The van der Waals surface area contributed by atoms with Crippen LogP contribution in [0.2, 0.25) is 0 Å². The van der Waals surface area contributed by atoms with Gasteiger partial charge in [-0.25, -0.2) is 4.98 Å². The minimum atomic E-state index is -0.0529. The molecule has 0 N–H and O–H groups in total. The number of oxazole rings is 1. The van der Waals surface area contributed by atoms with Crippen LogP contribution in [0.4, 0.5) is 0 Å². The number of hydrogen-bond acceptors (Lipinski definition) is 3. The summed E-state index contributed by atoms with van der Waals surface area (Å²) < 4.78 is 12.3. The second-order valence-electron chi connectivity index (χ2n) is 6.93. The number of aryl methyl sites for hydroxylation is 2. The van der Waals surface area contributed by atoms with Crippen LogP contribution in [-0.4, -0.2) is 4.98 Å². The number of benzene rings is 3. The first kappa shape index (κ1) is 15.9. The van der Waals surface area contributed by atoms with E-state index in [1.807, 2.05) is 43.3 Å². The highest BCUT2D eigenvalue weighted by Crippen LogP contribution is 2.49. The molecule has 132 valence electrons. The fraction of sp³-hybridized carbons (Fsp3) is 0.125. The zero-order chi connectivity index (χ0) is 18.4. The van der Waals surface area contributed by atoms with Gasteiger partial charge in [0, 0.05) is 23.6 Å². The number of fused-ring (bicyclic) bond motifs is 2. The van der Waals surface area contributed by atoms with Crippen LogP contribution in [0.5, 0.6) is 11.5 Å². The number of nitrogens with zero attached hydrogens (tertiary/aromatic N) is 1. The lowest BCUT2D eigenvalue weighted by molar-refractivity contribution is 0.425. The maximum Gasteiger partial charge on any atom is 0.191 e. The summed E-state index contributed by atoms with van der Waals surface area (Å²) in [6.45, 7) is 4.00. The Kier molecular flexibility index (Phi) is 3.61. The van der Waals surface area contributed by atoms with Crippen LogP contribution in [0.3, 0.4) is 0 Å². The van der Waals surface area contributed by atoms with E-state index in [0.717, 1.165) is 39.6 Å². The van der Waals surface area contributed by atoms with Crippen LogP contribution in [-0.2, 0) is 0 Å². The second kappa shape index (κ2) is 6.13. The first-order valence-corrected chi connectivity index (χ1v) is 9.11. The summed E-state index contributed by atoms with van der Waals surface area (Å²) in [5.74, 6) is 3.21. The van der Waals surface area contributed by atoms with Gasteiger partial charge in [0.25, 0.3) is 0 Å². The quantitative estimate of drug-likeness (QED) is 0.376. The topological polar surface area (TPSA) is 35.3 Å². The molecule has 1 aromatic heterocycles. The molecule has 3 aromatic carbocycles. The standard InChI is InChI=1S/C24H19NO2/c1-15-8-7-9-17(14-15)23-24(26-16(2)25-23)22-18-10-3-5-12-20(18)27-21-13-6-4-11-19(21)22/h3-14,22H,1-2H3. The van der Waals surface area contributed by atoms with E-state index in [1.165, 1.54) is 5.56 Å². The van der Waals surface area contributed by atoms with E-state index in [-0.39, 0.29) is 5.92 Å². The summed E-state index contributed by atoms with van der Waals surface area (Å²) in [6.07, 6.45) is 0. The molecular formula is C24H19NO2. The molecule has 4 aromatic rings. The molecule has 0 bridgehead atoms.